The van der Waals surface area contributed by atoms with Gasteiger partial charge < -0.3 is 44.1 Å². The summed E-state index contributed by atoms with van der Waals surface area (Å²) < 4.78 is 27.0. The molecule has 0 amide bonds. The van der Waals surface area contributed by atoms with Gasteiger partial charge in [0.05, 0.1) is 24.4 Å². The molecule has 4 aliphatic rings. The van der Waals surface area contributed by atoms with Gasteiger partial charge in [-0.1, -0.05) is 0 Å². The van der Waals surface area contributed by atoms with Crippen LogP contribution in [0.25, 0.3) is 0 Å². The molecule has 29 heavy (non-hydrogen) atoms. The monoisotopic (exact) mass is 414 g/mol. The van der Waals surface area contributed by atoms with E-state index in [2.05, 4.69) is 0 Å². The van der Waals surface area contributed by atoms with Crippen molar-refractivity contribution < 1.29 is 53.7 Å². The molecule has 9 atom stereocenters. The Morgan fingerprint density at radius 2 is 1.90 bits per heavy atom. The smallest absolute Gasteiger partial charge is 0.338 e. The lowest BCUT2D eigenvalue weighted by molar-refractivity contribution is -0.339. The first-order chi connectivity index (χ1) is 13.8. The van der Waals surface area contributed by atoms with Crippen LogP contribution in [0.2, 0.25) is 0 Å². The summed E-state index contributed by atoms with van der Waals surface area (Å²) in [4.78, 5) is 23.2. The number of hydrogen-bond acceptors (Lipinski definition) is 11. The van der Waals surface area contributed by atoms with E-state index in [0.29, 0.717) is 11.1 Å². The van der Waals surface area contributed by atoms with Crippen LogP contribution in [0.5, 0.6) is 0 Å². The van der Waals surface area contributed by atoms with Gasteiger partial charge in [0.1, 0.15) is 37.1 Å². The fourth-order valence-electron chi connectivity index (χ4n) is 4.12. The second kappa shape index (κ2) is 7.67. The fourth-order valence-corrected chi connectivity index (χ4v) is 4.12. The molecule has 0 spiro atoms. The number of aliphatic hydroxyl groups is 4. The highest BCUT2D eigenvalue weighted by molar-refractivity contribution is 5.92. The Bertz CT molecular complexity index is 744. The van der Waals surface area contributed by atoms with Gasteiger partial charge in [0.2, 0.25) is 6.29 Å². The summed E-state index contributed by atoms with van der Waals surface area (Å²) >= 11 is 0. The lowest BCUT2D eigenvalue weighted by Gasteiger charge is -2.42. The number of carbonyl (C=O) groups excluding carboxylic acids is 2. The molecule has 1 aliphatic carbocycles. The molecule has 11 heteroatoms. The van der Waals surface area contributed by atoms with Gasteiger partial charge in [-0.2, -0.15) is 0 Å². The largest absolute Gasteiger partial charge is 0.471 e. The number of esters is 2. The third-order valence-corrected chi connectivity index (χ3v) is 5.57. The maximum absolute atomic E-state index is 12.0. The van der Waals surface area contributed by atoms with Crippen molar-refractivity contribution in [1.82, 2.24) is 0 Å². The average Bonchev–Trinajstić information content (AvgIpc) is 3.20. The molecule has 0 aromatic rings. The van der Waals surface area contributed by atoms with Gasteiger partial charge in [-0.25, -0.2) is 4.79 Å². The maximum Gasteiger partial charge on any atom is 0.338 e. The Hall–Kier alpha value is -2.02. The van der Waals surface area contributed by atoms with E-state index in [9.17, 15) is 30.0 Å². The molecule has 4 N–H and O–H groups in total. The van der Waals surface area contributed by atoms with Crippen LogP contribution in [0.3, 0.4) is 0 Å². The Balaban J connectivity index is 1.56. The van der Waals surface area contributed by atoms with Crippen molar-refractivity contribution in [3.05, 3.63) is 23.5 Å². The summed E-state index contributed by atoms with van der Waals surface area (Å²) in [5.74, 6) is -1.99. The van der Waals surface area contributed by atoms with Gasteiger partial charge in [-0.05, 0) is 11.6 Å². The molecule has 0 bridgehead atoms. The Labute approximate surface area is 165 Å². The zero-order valence-corrected chi connectivity index (χ0v) is 15.4. The Morgan fingerprint density at radius 3 is 2.59 bits per heavy atom. The van der Waals surface area contributed by atoms with E-state index >= 15 is 0 Å². The second-order valence-electron chi connectivity index (χ2n) is 7.35. The van der Waals surface area contributed by atoms with Crippen molar-refractivity contribution in [2.24, 2.45) is 11.8 Å². The normalized spacial score (nSPS) is 43.1. The Morgan fingerprint density at radius 1 is 1.14 bits per heavy atom. The van der Waals surface area contributed by atoms with Gasteiger partial charge in [0.25, 0.3) is 0 Å². The van der Waals surface area contributed by atoms with Crippen LogP contribution in [0.4, 0.5) is 0 Å². The minimum absolute atomic E-state index is 0.0598. The van der Waals surface area contributed by atoms with Crippen LogP contribution in [-0.2, 0) is 33.3 Å². The summed E-state index contributed by atoms with van der Waals surface area (Å²) in [6.45, 7) is 0.602. The van der Waals surface area contributed by atoms with E-state index in [1.807, 2.05) is 0 Å². The van der Waals surface area contributed by atoms with Crippen LogP contribution in [0, 0.1) is 11.8 Å². The fraction of sp³-hybridized carbons (Fsp3) is 0.667. The first kappa shape index (κ1) is 20.3. The van der Waals surface area contributed by atoms with E-state index < -0.39 is 73.5 Å². The third kappa shape index (κ3) is 3.43. The predicted molar refractivity (Wildman–Crippen MR) is 89.4 cm³/mol. The topological polar surface area (TPSA) is 161 Å². The van der Waals surface area contributed by atoms with Crippen LogP contribution in [0.1, 0.15) is 6.92 Å². The SMILES string of the molecule is CC(=O)OCC1=C[C@@H]2OC(=O)C3=CO[C@@H](O[C@H]4O[C@@H](CO)[C@H](O)[C@@H](O)[C@@H]4O)[C@H]1[C@@H]32. The lowest BCUT2D eigenvalue weighted by Crippen LogP contribution is -2.60. The summed E-state index contributed by atoms with van der Waals surface area (Å²) in [5.41, 5.74) is 0.936. The van der Waals surface area contributed by atoms with Gasteiger partial charge in [0, 0.05) is 12.8 Å². The molecule has 160 valence electrons. The minimum Gasteiger partial charge on any atom is -0.471 e. The molecule has 0 saturated carbocycles. The Kier molecular flexibility index (Phi) is 5.36. The summed E-state index contributed by atoms with van der Waals surface area (Å²) in [7, 11) is 0. The predicted octanol–water partition coefficient (Wildman–Crippen LogP) is -2.30. The molecule has 0 aromatic carbocycles. The van der Waals surface area contributed by atoms with Gasteiger partial charge >= 0.3 is 11.9 Å². The number of ether oxygens (including phenoxy) is 5. The number of rotatable bonds is 5. The second-order valence-corrected chi connectivity index (χ2v) is 7.35. The van der Waals surface area contributed by atoms with Crippen molar-refractivity contribution in [3.63, 3.8) is 0 Å². The number of hydrogen-bond donors (Lipinski definition) is 4. The van der Waals surface area contributed by atoms with Gasteiger partial charge in [-0.3, -0.25) is 4.79 Å². The quantitative estimate of drug-likeness (QED) is 0.283. The molecule has 3 heterocycles. The third-order valence-electron chi connectivity index (χ3n) is 5.57. The molecule has 2 fully saturated rings. The number of carbonyl (C=O) groups is 2. The van der Waals surface area contributed by atoms with Gasteiger partial charge in [0.15, 0.2) is 6.29 Å². The van der Waals surface area contributed by atoms with Crippen molar-refractivity contribution in [1.29, 1.82) is 0 Å². The minimum atomic E-state index is -1.61. The zero-order valence-electron chi connectivity index (χ0n) is 15.4. The first-order valence-electron chi connectivity index (χ1n) is 9.18. The molecule has 11 nitrogen and oxygen atoms in total. The highest BCUT2D eigenvalue weighted by Crippen LogP contribution is 2.49. The van der Waals surface area contributed by atoms with Crippen molar-refractivity contribution in [3.8, 4) is 0 Å². The molecule has 2 saturated heterocycles. The molecule has 0 unspecified atom stereocenters. The summed E-state index contributed by atoms with van der Waals surface area (Å²) in [6, 6.07) is 0. The number of aliphatic hydroxyl groups excluding tert-OH is 4. The molecule has 0 radical (unpaired) electrons. The molecular weight excluding hydrogens is 392 g/mol. The van der Waals surface area contributed by atoms with E-state index in [4.69, 9.17) is 23.7 Å². The first-order valence-corrected chi connectivity index (χ1v) is 9.18. The highest BCUT2D eigenvalue weighted by atomic mass is 16.8. The highest BCUT2D eigenvalue weighted by Gasteiger charge is 2.56. The van der Waals surface area contributed by atoms with E-state index in [-0.39, 0.29) is 6.61 Å². The standard InChI is InChI=1S/C18H22O11/c1-6(20)25-4-7-2-9-12-8(16(24)27-9)5-26-17(11(7)12)29-18-15(23)14(22)13(21)10(3-19)28-18/h2,5,9-15,17-19,21-23H,3-4H2,1H3/t9-,10-,11+,12-,13-,14+,15-,17-,18+/m0/s1. The van der Waals surface area contributed by atoms with Crippen LogP contribution in [0.15, 0.2) is 23.5 Å². The average molecular weight is 414 g/mol. The van der Waals surface area contributed by atoms with Crippen LogP contribution < -0.4 is 0 Å². The van der Waals surface area contributed by atoms with Crippen molar-refractivity contribution >= 4 is 11.9 Å². The maximum atomic E-state index is 12.0. The molecule has 0 aromatic heterocycles. The summed E-state index contributed by atoms with van der Waals surface area (Å²) in [5, 5.41) is 39.4. The molecule has 4 rings (SSSR count). The van der Waals surface area contributed by atoms with E-state index in [0.717, 1.165) is 0 Å². The van der Waals surface area contributed by atoms with Crippen LogP contribution >= 0.6 is 0 Å². The lowest BCUT2D eigenvalue weighted by atomic mass is 9.84. The van der Waals surface area contributed by atoms with Crippen molar-refractivity contribution in [2.45, 2.75) is 50.0 Å². The van der Waals surface area contributed by atoms with Crippen molar-refractivity contribution in [2.75, 3.05) is 13.2 Å². The van der Waals surface area contributed by atoms with E-state index in [1.165, 1.54) is 13.2 Å². The van der Waals surface area contributed by atoms with E-state index in [1.54, 1.807) is 6.08 Å². The molecule has 3 aliphatic heterocycles. The molecular formula is C18H22O11. The zero-order chi connectivity index (χ0) is 20.9. The van der Waals surface area contributed by atoms with Crippen LogP contribution in [-0.4, -0.2) is 88.7 Å². The van der Waals surface area contributed by atoms with Gasteiger partial charge in [-0.15, -0.1) is 0 Å². The summed E-state index contributed by atoms with van der Waals surface area (Å²) in [6.07, 6.45) is -6.03.